The fraction of sp³-hybridized carbons (Fsp3) is 0.304. The Morgan fingerprint density at radius 2 is 1.86 bits per heavy atom. The first kappa shape index (κ1) is 18.6. The quantitative estimate of drug-likeness (QED) is 0.744. The van der Waals surface area contributed by atoms with Crippen LogP contribution in [0.25, 0.3) is 22.2 Å². The van der Waals surface area contributed by atoms with E-state index in [4.69, 9.17) is 4.98 Å². The van der Waals surface area contributed by atoms with Crippen molar-refractivity contribution >= 4 is 16.8 Å². The number of carbonyl (C=O) groups excluding carboxylic acids is 1. The van der Waals surface area contributed by atoms with Crippen LogP contribution in [0.4, 0.5) is 4.39 Å². The number of hydrogen-bond acceptors (Lipinski definition) is 3. The molecule has 1 aliphatic rings. The molecule has 1 aromatic heterocycles. The van der Waals surface area contributed by atoms with E-state index in [0.717, 1.165) is 48.9 Å². The predicted octanol–water partition coefficient (Wildman–Crippen LogP) is 4.11. The molecule has 0 atom stereocenters. The molecule has 0 spiro atoms. The lowest BCUT2D eigenvalue weighted by Gasteiger charge is -2.32. The van der Waals surface area contributed by atoms with Crippen LogP contribution in [0.2, 0.25) is 0 Å². The molecular weight excluding hydrogens is 353 g/mol. The Balaban J connectivity index is 1.69. The molecule has 0 bridgehead atoms. The minimum atomic E-state index is -0.287. The summed E-state index contributed by atoms with van der Waals surface area (Å²) >= 11 is 0. The summed E-state index contributed by atoms with van der Waals surface area (Å²) < 4.78 is 13.3. The Bertz CT molecular complexity index is 979. The van der Waals surface area contributed by atoms with Crippen LogP contribution in [0, 0.1) is 11.7 Å². The molecule has 144 valence electrons. The van der Waals surface area contributed by atoms with E-state index in [9.17, 15) is 9.18 Å². The zero-order chi connectivity index (χ0) is 19.5. The lowest BCUT2D eigenvalue weighted by molar-refractivity contribution is 0.0693. The lowest BCUT2D eigenvalue weighted by Crippen LogP contribution is -2.40. The van der Waals surface area contributed by atoms with Gasteiger partial charge in [-0.3, -0.25) is 4.79 Å². The second-order valence-electron chi connectivity index (χ2n) is 7.37. The summed E-state index contributed by atoms with van der Waals surface area (Å²) in [5.41, 5.74) is 2.93. The Labute approximate surface area is 164 Å². The van der Waals surface area contributed by atoms with Crippen molar-refractivity contribution in [3.8, 4) is 11.3 Å². The fourth-order valence-electron chi connectivity index (χ4n) is 3.92. The van der Waals surface area contributed by atoms with Gasteiger partial charge in [0.05, 0.1) is 16.8 Å². The van der Waals surface area contributed by atoms with Crippen molar-refractivity contribution in [2.24, 2.45) is 5.92 Å². The Kier molecular flexibility index (Phi) is 5.35. The molecule has 0 saturated carbocycles. The number of piperidine rings is 1. The molecule has 4 nitrogen and oxygen atoms in total. The van der Waals surface area contributed by atoms with E-state index in [1.807, 2.05) is 42.3 Å². The number of aromatic nitrogens is 1. The standard InChI is InChI=1S/C23H24FN3O/c1-25-15-16-10-12-27(13-11-16)23(28)20-14-22(17-6-8-18(24)9-7-17)26-21-5-3-2-4-19(20)21/h2-9,14,16,25H,10-13,15H2,1H3. The highest BCUT2D eigenvalue weighted by Gasteiger charge is 2.25. The SMILES string of the molecule is CNCC1CCN(C(=O)c2cc(-c3ccc(F)cc3)nc3ccccc23)CC1. The highest BCUT2D eigenvalue weighted by molar-refractivity contribution is 6.07. The second-order valence-corrected chi connectivity index (χ2v) is 7.37. The van der Waals surface area contributed by atoms with Crippen LogP contribution in [0.3, 0.4) is 0 Å². The molecule has 1 saturated heterocycles. The van der Waals surface area contributed by atoms with Crippen LogP contribution in [-0.2, 0) is 0 Å². The molecule has 0 unspecified atom stereocenters. The van der Waals surface area contributed by atoms with Gasteiger partial charge in [-0.1, -0.05) is 18.2 Å². The molecule has 1 amide bonds. The minimum absolute atomic E-state index is 0.0462. The van der Waals surface area contributed by atoms with Crippen LogP contribution in [0.15, 0.2) is 54.6 Å². The third-order valence-corrected chi connectivity index (χ3v) is 5.48. The van der Waals surface area contributed by atoms with Crippen LogP contribution in [0.1, 0.15) is 23.2 Å². The highest BCUT2D eigenvalue weighted by Crippen LogP contribution is 2.27. The number of pyridine rings is 1. The van der Waals surface area contributed by atoms with Crippen LogP contribution in [-0.4, -0.2) is 42.5 Å². The Morgan fingerprint density at radius 3 is 2.57 bits per heavy atom. The van der Waals surface area contributed by atoms with Crippen LogP contribution in [0.5, 0.6) is 0 Å². The smallest absolute Gasteiger partial charge is 0.254 e. The number of para-hydroxylation sites is 1. The molecule has 28 heavy (non-hydrogen) atoms. The van der Waals surface area contributed by atoms with Crippen molar-refractivity contribution < 1.29 is 9.18 Å². The van der Waals surface area contributed by atoms with E-state index in [1.165, 1.54) is 12.1 Å². The number of rotatable bonds is 4. The largest absolute Gasteiger partial charge is 0.339 e. The van der Waals surface area contributed by atoms with Gasteiger partial charge in [0.15, 0.2) is 0 Å². The average molecular weight is 377 g/mol. The number of nitrogens with one attached hydrogen (secondary N) is 1. The number of nitrogens with zero attached hydrogens (tertiary/aromatic N) is 2. The van der Waals surface area contributed by atoms with Gasteiger partial charge in [-0.05, 0) is 68.8 Å². The molecule has 2 heterocycles. The summed E-state index contributed by atoms with van der Waals surface area (Å²) in [7, 11) is 1.97. The van der Waals surface area contributed by atoms with E-state index in [-0.39, 0.29) is 11.7 Å². The van der Waals surface area contributed by atoms with E-state index >= 15 is 0 Å². The summed E-state index contributed by atoms with van der Waals surface area (Å²) in [4.78, 5) is 20.0. The van der Waals surface area contributed by atoms with Crippen molar-refractivity contribution in [2.45, 2.75) is 12.8 Å². The molecule has 0 aliphatic carbocycles. The zero-order valence-corrected chi connectivity index (χ0v) is 16.0. The third-order valence-electron chi connectivity index (χ3n) is 5.48. The van der Waals surface area contributed by atoms with Gasteiger partial charge in [0.2, 0.25) is 0 Å². The summed E-state index contributed by atoms with van der Waals surface area (Å²) in [5, 5.41) is 4.09. The maximum atomic E-state index is 13.3. The van der Waals surface area contributed by atoms with Gasteiger partial charge < -0.3 is 10.2 Å². The molecule has 1 aliphatic heterocycles. The third kappa shape index (κ3) is 3.76. The molecule has 1 N–H and O–H groups in total. The molecule has 3 aromatic rings. The van der Waals surface area contributed by atoms with Gasteiger partial charge in [-0.25, -0.2) is 9.37 Å². The molecule has 2 aromatic carbocycles. The number of halogens is 1. The van der Waals surface area contributed by atoms with Crippen LogP contribution >= 0.6 is 0 Å². The van der Waals surface area contributed by atoms with Gasteiger partial charge in [-0.2, -0.15) is 0 Å². The number of likely N-dealkylation sites (tertiary alicyclic amines) is 1. The summed E-state index contributed by atoms with van der Waals surface area (Å²) in [6.45, 7) is 2.54. The van der Waals surface area contributed by atoms with E-state index in [0.29, 0.717) is 17.2 Å². The fourth-order valence-corrected chi connectivity index (χ4v) is 3.92. The number of amides is 1. The van der Waals surface area contributed by atoms with Gasteiger partial charge in [0.1, 0.15) is 5.82 Å². The van der Waals surface area contributed by atoms with Crippen molar-refractivity contribution in [3.05, 3.63) is 66.0 Å². The topological polar surface area (TPSA) is 45.2 Å². The Hall–Kier alpha value is -2.79. The monoisotopic (exact) mass is 377 g/mol. The van der Waals surface area contributed by atoms with Gasteiger partial charge in [0.25, 0.3) is 5.91 Å². The number of fused-ring (bicyclic) bond motifs is 1. The van der Waals surface area contributed by atoms with Crippen molar-refractivity contribution in [1.29, 1.82) is 0 Å². The maximum Gasteiger partial charge on any atom is 0.254 e. The van der Waals surface area contributed by atoms with Crippen molar-refractivity contribution in [1.82, 2.24) is 15.2 Å². The summed E-state index contributed by atoms with van der Waals surface area (Å²) in [5.74, 6) is 0.383. The zero-order valence-electron chi connectivity index (χ0n) is 16.0. The first-order valence-electron chi connectivity index (χ1n) is 9.75. The number of carbonyl (C=O) groups is 1. The number of benzene rings is 2. The molecule has 5 heteroatoms. The summed E-state index contributed by atoms with van der Waals surface area (Å²) in [6.07, 6.45) is 2.03. The van der Waals surface area contributed by atoms with Gasteiger partial charge >= 0.3 is 0 Å². The number of hydrogen-bond donors (Lipinski definition) is 1. The first-order valence-corrected chi connectivity index (χ1v) is 9.75. The van der Waals surface area contributed by atoms with Crippen molar-refractivity contribution in [3.63, 3.8) is 0 Å². The molecule has 4 rings (SSSR count). The van der Waals surface area contributed by atoms with Crippen LogP contribution < -0.4 is 5.32 Å². The van der Waals surface area contributed by atoms with Crippen molar-refractivity contribution in [2.75, 3.05) is 26.7 Å². The summed E-state index contributed by atoms with van der Waals surface area (Å²) in [6, 6.07) is 15.8. The van der Waals surface area contributed by atoms with E-state index < -0.39 is 0 Å². The van der Waals surface area contributed by atoms with Gasteiger partial charge in [-0.15, -0.1) is 0 Å². The Morgan fingerprint density at radius 1 is 1.14 bits per heavy atom. The minimum Gasteiger partial charge on any atom is -0.339 e. The normalized spacial score (nSPS) is 15.1. The second kappa shape index (κ2) is 8.07. The first-order chi connectivity index (χ1) is 13.7. The highest BCUT2D eigenvalue weighted by atomic mass is 19.1. The lowest BCUT2D eigenvalue weighted by atomic mass is 9.95. The van der Waals surface area contributed by atoms with Gasteiger partial charge in [0, 0.05) is 24.0 Å². The molecular formula is C23H24FN3O. The molecule has 0 radical (unpaired) electrons. The van der Waals surface area contributed by atoms with E-state index in [1.54, 1.807) is 12.1 Å². The maximum absolute atomic E-state index is 13.3. The molecule has 1 fully saturated rings. The average Bonchev–Trinajstić information content (AvgIpc) is 2.74. The predicted molar refractivity (Wildman–Crippen MR) is 110 cm³/mol. The van der Waals surface area contributed by atoms with E-state index in [2.05, 4.69) is 5.32 Å².